The highest BCUT2D eigenvalue weighted by Crippen LogP contribution is 2.19. The molecule has 0 atom stereocenters. The van der Waals surface area contributed by atoms with Crippen LogP contribution in [0.25, 0.3) is 0 Å². The highest BCUT2D eigenvalue weighted by molar-refractivity contribution is 9.10. The van der Waals surface area contributed by atoms with Crippen molar-refractivity contribution in [2.24, 2.45) is 5.16 Å². The lowest BCUT2D eigenvalue weighted by Crippen LogP contribution is -1.93. The Hall–Kier alpha value is -0.610. The van der Waals surface area contributed by atoms with E-state index in [4.69, 9.17) is 16.8 Å². The van der Waals surface area contributed by atoms with Crippen molar-refractivity contribution in [1.29, 1.82) is 0 Å². The van der Waals surface area contributed by atoms with Gasteiger partial charge >= 0.3 is 0 Å². The molecule has 0 saturated heterocycles. The average Bonchev–Trinajstić information content (AvgIpc) is 2.08. The van der Waals surface area contributed by atoms with E-state index in [-0.39, 0.29) is 5.17 Å². The second-order valence-corrected chi connectivity index (χ2v) is 3.23. The average molecular weight is 252 g/mol. The first-order valence-electron chi connectivity index (χ1n) is 2.98. The number of hydrogen-bond acceptors (Lipinski definition) is 2. The summed E-state index contributed by atoms with van der Waals surface area (Å²) in [7, 11) is 0. The van der Waals surface area contributed by atoms with Crippen LogP contribution >= 0.6 is 27.5 Å². The lowest BCUT2D eigenvalue weighted by molar-refractivity contribution is 0.321. The lowest BCUT2D eigenvalue weighted by atomic mass is 10.2. The molecular weight excluding hydrogens is 248 g/mol. The summed E-state index contributed by atoms with van der Waals surface area (Å²) >= 11 is 8.60. The molecule has 0 unspecified atom stereocenters. The van der Waals surface area contributed by atoms with Crippen LogP contribution in [0.15, 0.2) is 27.8 Å². The molecule has 5 heteroatoms. The molecule has 2 nitrogen and oxygen atoms in total. The zero-order chi connectivity index (χ0) is 9.14. The van der Waals surface area contributed by atoms with Crippen molar-refractivity contribution >= 4 is 32.7 Å². The number of halogens is 3. The highest BCUT2D eigenvalue weighted by Gasteiger charge is 2.06. The van der Waals surface area contributed by atoms with Crippen molar-refractivity contribution in [2.75, 3.05) is 0 Å². The molecule has 0 aliphatic carbocycles. The molecule has 0 amide bonds. The largest absolute Gasteiger partial charge is 0.410 e. The van der Waals surface area contributed by atoms with Crippen molar-refractivity contribution in [3.63, 3.8) is 0 Å². The maximum Gasteiger partial charge on any atom is 0.176 e. The Kier molecular flexibility index (Phi) is 3.05. The SMILES string of the molecule is O/N=C(\Cl)c1cc(F)ccc1Br. The van der Waals surface area contributed by atoms with Gasteiger partial charge in [0.05, 0.1) is 0 Å². The fraction of sp³-hybridized carbons (Fsp3) is 0. The van der Waals surface area contributed by atoms with Gasteiger partial charge in [-0.3, -0.25) is 0 Å². The molecular formula is C7H4BrClFNO. The zero-order valence-corrected chi connectivity index (χ0v) is 8.10. The fourth-order valence-corrected chi connectivity index (χ4v) is 1.41. The summed E-state index contributed by atoms with van der Waals surface area (Å²) in [5.41, 5.74) is 0.319. The van der Waals surface area contributed by atoms with Crippen LogP contribution in [0.2, 0.25) is 0 Å². The number of benzene rings is 1. The standard InChI is InChI=1S/C7H4BrClFNO/c8-6-2-1-4(10)3-5(6)7(9)11-12/h1-3,12H/b11-7-. The van der Waals surface area contributed by atoms with E-state index in [0.717, 1.165) is 0 Å². The molecule has 0 radical (unpaired) electrons. The number of nitrogens with zero attached hydrogens (tertiary/aromatic N) is 1. The van der Waals surface area contributed by atoms with Gasteiger partial charge in [-0.25, -0.2) is 4.39 Å². The van der Waals surface area contributed by atoms with Gasteiger partial charge in [-0.15, -0.1) is 0 Å². The van der Waals surface area contributed by atoms with Crippen LogP contribution in [0.5, 0.6) is 0 Å². The highest BCUT2D eigenvalue weighted by atomic mass is 79.9. The summed E-state index contributed by atoms with van der Waals surface area (Å²) in [6.45, 7) is 0. The van der Waals surface area contributed by atoms with E-state index in [1.807, 2.05) is 0 Å². The second kappa shape index (κ2) is 3.87. The molecule has 64 valence electrons. The monoisotopic (exact) mass is 251 g/mol. The smallest absolute Gasteiger partial charge is 0.176 e. The molecule has 0 bridgehead atoms. The Labute approximate surface area is 81.8 Å². The van der Waals surface area contributed by atoms with Gasteiger partial charge in [0.2, 0.25) is 0 Å². The first-order chi connectivity index (χ1) is 5.65. The Balaban J connectivity index is 3.23. The quantitative estimate of drug-likeness (QED) is 0.465. The van der Waals surface area contributed by atoms with Gasteiger partial charge in [0, 0.05) is 10.0 Å². The lowest BCUT2D eigenvalue weighted by Gasteiger charge is -1.99. The minimum Gasteiger partial charge on any atom is -0.410 e. The van der Waals surface area contributed by atoms with Gasteiger partial charge in [-0.2, -0.15) is 0 Å². The molecule has 1 N–H and O–H groups in total. The summed E-state index contributed by atoms with van der Waals surface area (Å²) < 4.78 is 13.2. The van der Waals surface area contributed by atoms with Gasteiger partial charge in [0.1, 0.15) is 5.82 Å². The molecule has 0 aliphatic rings. The second-order valence-electron chi connectivity index (χ2n) is 2.01. The normalized spacial score (nSPS) is 11.8. The summed E-state index contributed by atoms with van der Waals surface area (Å²) in [6, 6.07) is 3.93. The Bertz CT molecular complexity index is 329. The van der Waals surface area contributed by atoms with Gasteiger partial charge in [0.25, 0.3) is 0 Å². The first-order valence-corrected chi connectivity index (χ1v) is 4.15. The van der Waals surface area contributed by atoms with Crippen molar-refractivity contribution in [3.05, 3.63) is 34.1 Å². The van der Waals surface area contributed by atoms with E-state index in [1.54, 1.807) is 0 Å². The molecule has 0 spiro atoms. The predicted octanol–water partition coefficient (Wildman–Crippen LogP) is 2.96. The fourth-order valence-electron chi connectivity index (χ4n) is 0.709. The van der Waals surface area contributed by atoms with Crippen LogP contribution in [0.1, 0.15) is 5.56 Å². The molecule has 0 aromatic heterocycles. The summed E-state index contributed by atoms with van der Waals surface area (Å²) in [5.74, 6) is -0.435. The zero-order valence-electron chi connectivity index (χ0n) is 5.76. The van der Waals surface area contributed by atoms with Crippen molar-refractivity contribution in [3.8, 4) is 0 Å². The third-order valence-corrected chi connectivity index (χ3v) is 2.21. The van der Waals surface area contributed by atoms with Gasteiger partial charge in [-0.1, -0.05) is 32.7 Å². The van der Waals surface area contributed by atoms with Crippen LogP contribution in [0, 0.1) is 5.82 Å². The predicted molar refractivity (Wildman–Crippen MR) is 48.3 cm³/mol. The van der Waals surface area contributed by atoms with Crippen molar-refractivity contribution < 1.29 is 9.60 Å². The number of rotatable bonds is 1. The van der Waals surface area contributed by atoms with Crippen LogP contribution in [0.3, 0.4) is 0 Å². The van der Waals surface area contributed by atoms with E-state index in [2.05, 4.69) is 21.1 Å². The molecule has 0 aliphatic heterocycles. The Morgan fingerprint density at radius 2 is 2.25 bits per heavy atom. The topological polar surface area (TPSA) is 32.6 Å². The number of hydrogen-bond donors (Lipinski definition) is 1. The Morgan fingerprint density at radius 1 is 1.58 bits per heavy atom. The maximum absolute atomic E-state index is 12.6. The maximum atomic E-state index is 12.6. The third kappa shape index (κ3) is 1.95. The van der Waals surface area contributed by atoms with Gasteiger partial charge in [-0.05, 0) is 18.2 Å². The first kappa shape index (κ1) is 9.48. The molecule has 0 heterocycles. The third-order valence-electron chi connectivity index (χ3n) is 1.24. The van der Waals surface area contributed by atoms with E-state index in [0.29, 0.717) is 10.0 Å². The molecule has 1 aromatic carbocycles. The summed E-state index contributed by atoms with van der Waals surface area (Å²) in [6.07, 6.45) is 0. The summed E-state index contributed by atoms with van der Waals surface area (Å²) in [4.78, 5) is 0. The van der Waals surface area contributed by atoms with Crippen molar-refractivity contribution in [1.82, 2.24) is 0 Å². The van der Waals surface area contributed by atoms with Crippen LogP contribution < -0.4 is 0 Å². The number of oxime groups is 1. The van der Waals surface area contributed by atoms with Gasteiger partial charge in [0.15, 0.2) is 5.17 Å². The van der Waals surface area contributed by atoms with E-state index in [9.17, 15) is 4.39 Å². The van der Waals surface area contributed by atoms with Gasteiger partial charge < -0.3 is 5.21 Å². The molecule has 0 fully saturated rings. The van der Waals surface area contributed by atoms with Crippen molar-refractivity contribution in [2.45, 2.75) is 0 Å². The van der Waals surface area contributed by atoms with E-state index in [1.165, 1.54) is 18.2 Å². The molecule has 1 rings (SSSR count). The summed E-state index contributed by atoms with van der Waals surface area (Å²) in [5, 5.41) is 10.9. The molecule has 12 heavy (non-hydrogen) atoms. The van der Waals surface area contributed by atoms with Crippen LogP contribution in [-0.4, -0.2) is 10.4 Å². The van der Waals surface area contributed by atoms with E-state index < -0.39 is 5.82 Å². The van der Waals surface area contributed by atoms with Crippen LogP contribution in [-0.2, 0) is 0 Å². The van der Waals surface area contributed by atoms with Crippen LogP contribution in [0.4, 0.5) is 4.39 Å². The van der Waals surface area contributed by atoms with E-state index >= 15 is 0 Å². The minimum absolute atomic E-state index is 0.152. The molecule has 0 saturated carbocycles. The molecule has 1 aromatic rings. The Morgan fingerprint density at radius 3 is 2.83 bits per heavy atom. The minimum atomic E-state index is -0.435.